The van der Waals surface area contributed by atoms with Gasteiger partial charge in [-0.15, -0.1) is 0 Å². The molecule has 7 nitrogen and oxygen atoms in total. The Morgan fingerprint density at radius 1 is 1.23 bits per heavy atom. The Kier molecular flexibility index (Phi) is 8.14. The van der Waals surface area contributed by atoms with Crippen molar-refractivity contribution in [2.45, 2.75) is 82.5 Å². The quantitative estimate of drug-likeness (QED) is 0.604. The SMILES string of the molecule is C[C@H](NC(=O)Cc1cc2c(F)c(F)ccc2[nH]c1=O)C1CN(C2CCCCCCC2)C(C#N)CN1. The van der Waals surface area contributed by atoms with Gasteiger partial charge in [-0.1, -0.05) is 32.1 Å². The summed E-state index contributed by atoms with van der Waals surface area (Å²) in [5.74, 6) is -2.44. The molecule has 0 bridgehead atoms. The van der Waals surface area contributed by atoms with Gasteiger partial charge >= 0.3 is 0 Å². The zero-order valence-corrected chi connectivity index (χ0v) is 20.1. The lowest BCUT2D eigenvalue weighted by Crippen LogP contribution is -2.64. The number of H-pyrrole nitrogens is 1. The summed E-state index contributed by atoms with van der Waals surface area (Å²) in [6.45, 7) is 3.09. The summed E-state index contributed by atoms with van der Waals surface area (Å²) < 4.78 is 27.8. The number of nitriles is 1. The van der Waals surface area contributed by atoms with Crippen molar-refractivity contribution >= 4 is 16.8 Å². The van der Waals surface area contributed by atoms with Crippen molar-refractivity contribution in [1.82, 2.24) is 20.5 Å². The Morgan fingerprint density at radius 2 is 1.94 bits per heavy atom. The highest BCUT2D eigenvalue weighted by Gasteiger charge is 2.35. The zero-order chi connectivity index (χ0) is 24.9. The first-order valence-corrected chi connectivity index (χ1v) is 12.6. The van der Waals surface area contributed by atoms with Crippen LogP contribution in [0.3, 0.4) is 0 Å². The number of aromatic amines is 1. The molecule has 1 aliphatic carbocycles. The van der Waals surface area contributed by atoms with Gasteiger partial charge in [-0.2, -0.15) is 5.26 Å². The number of carbonyl (C=O) groups excluding carboxylic acids is 1. The van der Waals surface area contributed by atoms with Crippen LogP contribution in [0.4, 0.5) is 8.78 Å². The van der Waals surface area contributed by atoms with E-state index in [9.17, 15) is 23.6 Å². The van der Waals surface area contributed by atoms with Crippen molar-refractivity contribution < 1.29 is 13.6 Å². The van der Waals surface area contributed by atoms with Gasteiger partial charge in [0.05, 0.1) is 18.0 Å². The minimum Gasteiger partial charge on any atom is -0.352 e. The Bertz CT molecular complexity index is 1150. The second kappa shape index (κ2) is 11.3. The Hall–Kier alpha value is -2.83. The Balaban J connectivity index is 1.41. The maximum absolute atomic E-state index is 14.2. The number of hydrogen-bond donors (Lipinski definition) is 3. The first-order valence-electron chi connectivity index (χ1n) is 12.6. The summed E-state index contributed by atoms with van der Waals surface area (Å²) in [5, 5.41) is 16.0. The van der Waals surface area contributed by atoms with E-state index in [2.05, 4.69) is 26.6 Å². The predicted octanol–water partition coefficient (Wildman–Crippen LogP) is 3.13. The molecule has 3 N–H and O–H groups in total. The summed E-state index contributed by atoms with van der Waals surface area (Å²) in [5.41, 5.74) is -0.252. The molecule has 1 aromatic carbocycles. The average molecular weight is 486 g/mol. The van der Waals surface area contributed by atoms with E-state index in [1.807, 2.05) is 6.92 Å². The number of rotatable bonds is 5. The molecule has 3 atom stereocenters. The fourth-order valence-corrected chi connectivity index (χ4v) is 5.39. The number of pyridine rings is 1. The number of benzene rings is 1. The molecule has 2 heterocycles. The van der Waals surface area contributed by atoms with Crippen molar-refractivity contribution in [2.75, 3.05) is 13.1 Å². The largest absolute Gasteiger partial charge is 0.352 e. The van der Waals surface area contributed by atoms with E-state index in [-0.39, 0.29) is 46.9 Å². The van der Waals surface area contributed by atoms with Gasteiger partial charge in [-0.25, -0.2) is 8.78 Å². The van der Waals surface area contributed by atoms with Crippen LogP contribution in [0.25, 0.3) is 10.9 Å². The Morgan fingerprint density at radius 3 is 2.66 bits per heavy atom. The van der Waals surface area contributed by atoms with Gasteiger partial charge < -0.3 is 15.6 Å². The fourth-order valence-electron chi connectivity index (χ4n) is 5.39. The van der Waals surface area contributed by atoms with E-state index in [0.29, 0.717) is 19.1 Å². The summed E-state index contributed by atoms with van der Waals surface area (Å²) in [6.07, 6.45) is 8.04. The zero-order valence-electron chi connectivity index (χ0n) is 20.1. The van der Waals surface area contributed by atoms with Crippen molar-refractivity contribution in [1.29, 1.82) is 5.26 Å². The van der Waals surface area contributed by atoms with Gasteiger partial charge in [0, 0.05) is 42.2 Å². The molecule has 35 heavy (non-hydrogen) atoms. The lowest BCUT2D eigenvalue weighted by molar-refractivity contribution is -0.121. The monoisotopic (exact) mass is 485 g/mol. The molecule has 2 aliphatic rings. The maximum atomic E-state index is 14.2. The Labute approximate surface area is 203 Å². The number of carbonyl (C=O) groups is 1. The second-order valence-corrected chi connectivity index (χ2v) is 9.83. The number of piperazine rings is 1. The van der Waals surface area contributed by atoms with E-state index in [1.54, 1.807) is 0 Å². The predicted molar refractivity (Wildman–Crippen MR) is 130 cm³/mol. The molecule has 0 radical (unpaired) electrons. The summed E-state index contributed by atoms with van der Waals surface area (Å²) in [7, 11) is 0. The second-order valence-electron chi connectivity index (χ2n) is 9.83. The van der Waals surface area contributed by atoms with Crippen LogP contribution in [0.1, 0.15) is 57.4 Å². The average Bonchev–Trinajstić information content (AvgIpc) is 2.82. The van der Waals surface area contributed by atoms with Crippen LogP contribution in [-0.2, 0) is 11.2 Å². The molecule has 1 saturated heterocycles. The number of halogens is 2. The van der Waals surface area contributed by atoms with Crippen molar-refractivity contribution in [3.05, 3.63) is 45.8 Å². The minimum atomic E-state index is -1.05. The van der Waals surface area contributed by atoms with E-state index in [0.717, 1.165) is 18.9 Å². The van der Waals surface area contributed by atoms with E-state index in [1.165, 1.54) is 44.2 Å². The normalized spacial score (nSPS) is 23.3. The minimum absolute atomic E-state index is 0.0459. The molecule has 0 spiro atoms. The molecule has 1 amide bonds. The number of nitrogens with zero attached hydrogens (tertiary/aromatic N) is 2. The number of fused-ring (bicyclic) bond motifs is 1. The third-order valence-corrected chi connectivity index (χ3v) is 7.41. The molecule has 1 aromatic heterocycles. The molecule has 2 aromatic rings. The number of amides is 1. The molecular weight excluding hydrogens is 452 g/mol. The number of hydrogen-bond acceptors (Lipinski definition) is 5. The molecule has 4 rings (SSSR count). The maximum Gasteiger partial charge on any atom is 0.252 e. The highest BCUT2D eigenvalue weighted by Crippen LogP contribution is 2.25. The van der Waals surface area contributed by atoms with E-state index < -0.39 is 17.2 Å². The van der Waals surface area contributed by atoms with Crippen molar-refractivity contribution in [3.8, 4) is 6.07 Å². The highest BCUT2D eigenvalue weighted by molar-refractivity contribution is 5.83. The summed E-state index contributed by atoms with van der Waals surface area (Å²) >= 11 is 0. The van der Waals surface area contributed by atoms with Crippen LogP contribution >= 0.6 is 0 Å². The first-order chi connectivity index (χ1) is 16.9. The van der Waals surface area contributed by atoms with Gasteiger partial charge in [0.2, 0.25) is 5.91 Å². The van der Waals surface area contributed by atoms with Gasteiger partial charge in [0.1, 0.15) is 6.04 Å². The van der Waals surface area contributed by atoms with Crippen LogP contribution in [0.2, 0.25) is 0 Å². The molecule has 9 heteroatoms. The van der Waals surface area contributed by atoms with Gasteiger partial charge in [-0.3, -0.25) is 14.5 Å². The molecule has 1 saturated carbocycles. The molecular formula is C26H33F2N5O2. The van der Waals surface area contributed by atoms with Crippen molar-refractivity contribution in [3.63, 3.8) is 0 Å². The lowest BCUT2D eigenvalue weighted by atomic mass is 9.92. The molecule has 2 fully saturated rings. The standard InChI is InChI=1S/C26H33F2N5O2/c1-16(23-15-33(19(13-29)14-30-23)18-7-5-3-2-4-6-8-18)31-24(34)12-17-11-20-22(32-26(17)35)10-9-21(27)25(20)28/h9-11,16,18-19,23,30H,2-8,12,14-15H2,1H3,(H,31,34)(H,32,35)/t16-,19?,23?/m0/s1. The smallest absolute Gasteiger partial charge is 0.252 e. The third kappa shape index (κ3) is 5.88. The van der Waals surface area contributed by atoms with Crippen molar-refractivity contribution in [2.24, 2.45) is 0 Å². The molecule has 2 unspecified atom stereocenters. The lowest BCUT2D eigenvalue weighted by Gasteiger charge is -2.44. The van der Waals surface area contributed by atoms with Crippen LogP contribution in [-0.4, -0.2) is 53.0 Å². The van der Waals surface area contributed by atoms with Gasteiger partial charge in [-0.05, 0) is 38.0 Å². The summed E-state index contributed by atoms with van der Waals surface area (Å²) in [6, 6.07) is 5.82. The number of aromatic nitrogens is 1. The molecule has 1 aliphatic heterocycles. The topological polar surface area (TPSA) is 101 Å². The van der Waals surface area contributed by atoms with E-state index >= 15 is 0 Å². The summed E-state index contributed by atoms with van der Waals surface area (Å²) in [4.78, 5) is 30.0. The van der Waals surface area contributed by atoms with Gasteiger partial charge in [0.25, 0.3) is 5.56 Å². The molecule has 188 valence electrons. The van der Waals surface area contributed by atoms with Crippen LogP contribution in [0.15, 0.2) is 23.0 Å². The van der Waals surface area contributed by atoms with Crippen LogP contribution in [0.5, 0.6) is 0 Å². The number of nitrogens with one attached hydrogen (secondary N) is 3. The highest BCUT2D eigenvalue weighted by atomic mass is 19.2. The first kappa shape index (κ1) is 25.3. The van der Waals surface area contributed by atoms with Crippen LogP contribution < -0.4 is 16.2 Å². The van der Waals surface area contributed by atoms with E-state index in [4.69, 9.17) is 0 Å². The fraction of sp³-hybridized carbons (Fsp3) is 0.577. The van der Waals surface area contributed by atoms with Gasteiger partial charge in [0.15, 0.2) is 11.6 Å². The third-order valence-electron chi connectivity index (χ3n) is 7.41. The van der Waals surface area contributed by atoms with Crippen LogP contribution in [0, 0.1) is 23.0 Å².